The monoisotopic (exact) mass is 297 g/mol. The van der Waals surface area contributed by atoms with Gasteiger partial charge in [-0.2, -0.15) is 18.4 Å². The molecule has 2 rings (SSSR count). The van der Waals surface area contributed by atoms with Gasteiger partial charge in [-0.15, -0.1) is 0 Å². The van der Waals surface area contributed by atoms with E-state index >= 15 is 0 Å². The first kappa shape index (κ1) is 15.3. The highest BCUT2D eigenvalue weighted by Gasteiger charge is 2.31. The zero-order chi connectivity index (χ0) is 15.5. The minimum absolute atomic E-state index is 0.0718. The predicted molar refractivity (Wildman–Crippen MR) is 70.4 cm³/mol. The molecule has 1 aliphatic rings. The molecule has 0 heterocycles. The van der Waals surface area contributed by atoms with Crippen molar-refractivity contribution in [2.75, 3.05) is 18.4 Å². The first-order valence-electron chi connectivity index (χ1n) is 6.52. The summed E-state index contributed by atoms with van der Waals surface area (Å²) in [4.78, 5) is 11.7. The minimum Gasteiger partial charge on any atom is -0.324 e. The molecule has 1 fully saturated rings. The highest BCUT2D eigenvalue weighted by molar-refractivity contribution is 5.93. The van der Waals surface area contributed by atoms with Crippen LogP contribution in [0.1, 0.15) is 24.0 Å². The van der Waals surface area contributed by atoms with Crippen molar-refractivity contribution in [3.8, 4) is 6.07 Å². The Bertz CT molecular complexity index is 574. The van der Waals surface area contributed by atoms with Crippen LogP contribution >= 0.6 is 0 Å². The lowest BCUT2D eigenvalue weighted by Crippen LogP contribution is -2.29. The van der Waals surface area contributed by atoms with Crippen LogP contribution in [0.3, 0.4) is 0 Å². The molecule has 0 bridgehead atoms. The minimum atomic E-state index is -4.51. The summed E-state index contributed by atoms with van der Waals surface area (Å²) in [5, 5.41) is 14.3. The number of nitrogens with zero attached hydrogens (tertiary/aromatic N) is 1. The van der Waals surface area contributed by atoms with Crippen LogP contribution in [0.15, 0.2) is 18.2 Å². The molecule has 1 aromatic carbocycles. The van der Waals surface area contributed by atoms with Gasteiger partial charge in [0.25, 0.3) is 0 Å². The Morgan fingerprint density at radius 1 is 1.38 bits per heavy atom. The van der Waals surface area contributed by atoms with Crippen LogP contribution in [0.4, 0.5) is 18.9 Å². The van der Waals surface area contributed by atoms with E-state index in [0.29, 0.717) is 5.92 Å². The smallest absolute Gasteiger partial charge is 0.324 e. The summed E-state index contributed by atoms with van der Waals surface area (Å²) >= 11 is 0. The van der Waals surface area contributed by atoms with Crippen molar-refractivity contribution in [1.82, 2.24) is 5.32 Å². The first-order valence-corrected chi connectivity index (χ1v) is 6.52. The van der Waals surface area contributed by atoms with E-state index in [2.05, 4.69) is 10.6 Å². The molecule has 21 heavy (non-hydrogen) atoms. The molecule has 1 aliphatic carbocycles. The predicted octanol–water partition coefficient (Wildman–Crippen LogP) is 2.52. The number of benzene rings is 1. The van der Waals surface area contributed by atoms with Gasteiger partial charge in [-0.1, -0.05) is 0 Å². The van der Waals surface area contributed by atoms with Gasteiger partial charge >= 0.3 is 6.18 Å². The molecule has 0 aliphatic heterocycles. The summed E-state index contributed by atoms with van der Waals surface area (Å²) in [6.45, 7) is 0.827. The highest BCUT2D eigenvalue weighted by atomic mass is 19.4. The quantitative estimate of drug-likeness (QED) is 0.877. The molecule has 0 atom stereocenters. The summed E-state index contributed by atoms with van der Waals surface area (Å²) in [7, 11) is 0. The molecule has 4 nitrogen and oxygen atoms in total. The Kier molecular flexibility index (Phi) is 4.48. The Morgan fingerprint density at radius 2 is 2.10 bits per heavy atom. The molecule has 7 heteroatoms. The SMILES string of the molecule is N#Cc1cc(C(F)(F)F)ccc1NC(=O)CNCC1CC1. The maximum absolute atomic E-state index is 12.5. The third kappa shape index (κ3) is 4.46. The summed E-state index contributed by atoms with van der Waals surface area (Å²) in [6.07, 6.45) is -2.20. The van der Waals surface area contributed by atoms with Gasteiger partial charge in [-0.25, -0.2) is 0 Å². The number of hydrogen-bond acceptors (Lipinski definition) is 3. The van der Waals surface area contributed by atoms with Gasteiger partial charge in [0, 0.05) is 0 Å². The topological polar surface area (TPSA) is 64.9 Å². The van der Waals surface area contributed by atoms with E-state index in [1.807, 2.05) is 0 Å². The molecule has 1 saturated carbocycles. The van der Waals surface area contributed by atoms with Crippen LogP contribution < -0.4 is 10.6 Å². The number of anilines is 1. The molecule has 112 valence electrons. The van der Waals surface area contributed by atoms with E-state index < -0.39 is 11.7 Å². The van der Waals surface area contributed by atoms with E-state index in [0.717, 1.165) is 37.6 Å². The Labute approximate surface area is 119 Å². The third-order valence-electron chi connectivity index (χ3n) is 3.16. The van der Waals surface area contributed by atoms with Gasteiger partial charge in [-0.05, 0) is 43.5 Å². The molecule has 0 unspecified atom stereocenters. The van der Waals surface area contributed by atoms with Crippen molar-refractivity contribution in [1.29, 1.82) is 5.26 Å². The van der Waals surface area contributed by atoms with Gasteiger partial charge in [0.05, 0.1) is 23.4 Å². The zero-order valence-corrected chi connectivity index (χ0v) is 11.1. The first-order chi connectivity index (χ1) is 9.90. The molecule has 0 aromatic heterocycles. The lowest BCUT2D eigenvalue weighted by atomic mass is 10.1. The molecule has 2 N–H and O–H groups in total. The van der Waals surface area contributed by atoms with Gasteiger partial charge < -0.3 is 10.6 Å². The summed E-state index contributed by atoms with van der Waals surface area (Å²) in [5.74, 6) is 0.241. The Morgan fingerprint density at radius 3 is 2.67 bits per heavy atom. The second-order valence-electron chi connectivity index (χ2n) is 4.99. The largest absolute Gasteiger partial charge is 0.416 e. The number of amides is 1. The number of carbonyl (C=O) groups is 1. The van der Waals surface area contributed by atoms with E-state index in [-0.39, 0.29) is 23.7 Å². The van der Waals surface area contributed by atoms with Gasteiger partial charge in [0.15, 0.2) is 0 Å². The van der Waals surface area contributed by atoms with Crippen LogP contribution in [-0.2, 0) is 11.0 Å². The number of rotatable bonds is 5. The Balaban J connectivity index is 1.98. The van der Waals surface area contributed by atoms with E-state index in [1.165, 1.54) is 0 Å². The number of hydrogen-bond donors (Lipinski definition) is 2. The van der Waals surface area contributed by atoms with Crippen LogP contribution in [-0.4, -0.2) is 19.0 Å². The van der Waals surface area contributed by atoms with Gasteiger partial charge in [0.2, 0.25) is 5.91 Å². The lowest BCUT2D eigenvalue weighted by molar-refractivity contribution is -0.137. The second-order valence-corrected chi connectivity index (χ2v) is 4.99. The molecule has 1 aromatic rings. The average molecular weight is 297 g/mol. The van der Waals surface area contributed by atoms with E-state index in [9.17, 15) is 18.0 Å². The standard InChI is InChI=1S/C14H14F3N3O/c15-14(16,17)11-3-4-12(10(5-11)6-18)20-13(21)8-19-7-9-1-2-9/h3-5,9,19H,1-2,7-8H2,(H,20,21). The lowest BCUT2D eigenvalue weighted by Gasteiger charge is -2.11. The summed E-state index contributed by atoms with van der Waals surface area (Å²) in [6, 6.07) is 4.33. The molecule has 0 radical (unpaired) electrons. The molecular weight excluding hydrogens is 283 g/mol. The molecule has 0 saturated heterocycles. The maximum atomic E-state index is 12.5. The zero-order valence-electron chi connectivity index (χ0n) is 11.1. The van der Waals surface area contributed by atoms with Gasteiger partial charge in [-0.3, -0.25) is 4.79 Å². The van der Waals surface area contributed by atoms with Crippen LogP contribution in [0.25, 0.3) is 0 Å². The van der Waals surface area contributed by atoms with Crippen molar-refractivity contribution in [3.63, 3.8) is 0 Å². The fraction of sp³-hybridized carbons (Fsp3) is 0.429. The van der Waals surface area contributed by atoms with Crippen LogP contribution in [0.5, 0.6) is 0 Å². The fourth-order valence-corrected chi connectivity index (χ4v) is 1.83. The fourth-order valence-electron chi connectivity index (χ4n) is 1.83. The van der Waals surface area contributed by atoms with Crippen molar-refractivity contribution in [2.45, 2.75) is 19.0 Å². The van der Waals surface area contributed by atoms with Crippen molar-refractivity contribution in [2.24, 2.45) is 5.92 Å². The number of nitrogens with one attached hydrogen (secondary N) is 2. The van der Waals surface area contributed by atoms with Gasteiger partial charge in [0.1, 0.15) is 6.07 Å². The molecular formula is C14H14F3N3O. The Hall–Kier alpha value is -2.07. The maximum Gasteiger partial charge on any atom is 0.416 e. The van der Waals surface area contributed by atoms with Crippen LogP contribution in [0, 0.1) is 17.2 Å². The third-order valence-corrected chi connectivity index (χ3v) is 3.16. The van der Waals surface area contributed by atoms with E-state index in [1.54, 1.807) is 6.07 Å². The van der Waals surface area contributed by atoms with Crippen molar-refractivity contribution >= 4 is 11.6 Å². The second kappa shape index (κ2) is 6.14. The summed E-state index contributed by atoms with van der Waals surface area (Å²) < 4.78 is 37.6. The van der Waals surface area contributed by atoms with Crippen LogP contribution in [0.2, 0.25) is 0 Å². The number of nitriles is 1. The normalized spacial score (nSPS) is 14.6. The molecule has 1 amide bonds. The van der Waals surface area contributed by atoms with E-state index in [4.69, 9.17) is 5.26 Å². The number of carbonyl (C=O) groups excluding carboxylic acids is 1. The molecule has 0 spiro atoms. The number of halogens is 3. The summed E-state index contributed by atoms with van der Waals surface area (Å²) in [5.41, 5.74) is -1.03. The van der Waals surface area contributed by atoms with Crippen molar-refractivity contribution in [3.05, 3.63) is 29.3 Å². The average Bonchev–Trinajstić information content (AvgIpc) is 3.22. The highest BCUT2D eigenvalue weighted by Crippen LogP contribution is 2.31. The number of alkyl halides is 3. The van der Waals surface area contributed by atoms with Crippen molar-refractivity contribution < 1.29 is 18.0 Å².